The van der Waals surface area contributed by atoms with Gasteiger partial charge in [0.25, 0.3) is 0 Å². The minimum Gasteiger partial charge on any atom is -1.00 e. The fourth-order valence-corrected chi connectivity index (χ4v) is 5.22. The van der Waals surface area contributed by atoms with E-state index in [4.69, 9.17) is 0 Å². The van der Waals surface area contributed by atoms with Crippen molar-refractivity contribution < 1.29 is 70.8 Å². The maximum absolute atomic E-state index is 2.33. The first-order valence-corrected chi connectivity index (χ1v) is 32.2. The Morgan fingerprint density at radius 2 is 0.520 bits per heavy atom. The quantitative estimate of drug-likeness (QED) is 0.113. The Balaban J connectivity index is 0.000000308. The smallest absolute Gasteiger partial charge is 0.0579 e. The molecule has 0 aromatic heterocycles. The van der Waals surface area contributed by atoms with Gasteiger partial charge in [0.2, 0.25) is 0 Å². The fourth-order valence-electron chi connectivity index (χ4n) is 5.22. The summed E-state index contributed by atoms with van der Waals surface area (Å²) >= 11 is 2.90. The van der Waals surface area contributed by atoms with Crippen LogP contribution in [0.4, 0.5) is 0 Å². The topological polar surface area (TPSA) is 0 Å². The van der Waals surface area contributed by atoms with Crippen LogP contribution in [0.2, 0.25) is 26.2 Å². The monoisotopic (exact) mass is 1060 g/mol. The molecule has 0 fully saturated rings. The van der Waals surface area contributed by atoms with Gasteiger partial charge in [-0.1, -0.05) is 52.0 Å². The Labute approximate surface area is 343 Å². The molecule has 0 heterocycles. The van der Waals surface area contributed by atoms with Crippen molar-refractivity contribution in [1.82, 2.24) is 0 Å². The second-order valence-electron chi connectivity index (χ2n) is 12.6. The molecule has 0 amide bonds. The van der Waals surface area contributed by atoms with E-state index >= 15 is 0 Å². The Bertz CT molecular complexity index is 1740. The first-order chi connectivity index (χ1) is 22.9. The van der Waals surface area contributed by atoms with Crippen molar-refractivity contribution in [3.63, 3.8) is 0 Å². The molecular formula is C44H48Cl2Hf2Si2-2. The maximum Gasteiger partial charge on any atom is -0.0579 e. The zero-order valence-electron chi connectivity index (χ0n) is 30.6. The molecular weight excluding hydrogens is 1010 g/mol. The SMILES string of the molecule is C[Si](C)=[Hf+2].C[Si](C)=[Hf+2].Cc1cc2ccccc2[cH-]1.Cc1cc2ccccc2[cH-]1.Cc1cc2ccccc2[cH-]1.Cc1cc2ccccc2[cH-]1.[Cl-].[Cl-]. The van der Waals surface area contributed by atoms with Gasteiger partial charge in [0.05, 0.1) is 0 Å². The van der Waals surface area contributed by atoms with Crippen LogP contribution < -0.4 is 24.8 Å². The maximum atomic E-state index is 2.33. The molecule has 0 bridgehead atoms. The molecule has 0 saturated carbocycles. The molecule has 8 rings (SSSR count). The van der Waals surface area contributed by atoms with Crippen molar-refractivity contribution >= 4 is 54.1 Å². The average Bonchev–Trinajstić information content (AvgIpc) is 3.79. The minimum absolute atomic E-state index is 0. The Hall–Kier alpha value is -1.93. The molecule has 0 saturated heterocycles. The predicted molar refractivity (Wildman–Crippen MR) is 212 cm³/mol. The van der Waals surface area contributed by atoms with E-state index in [1.165, 1.54) is 111 Å². The summed E-state index contributed by atoms with van der Waals surface area (Å²) in [5.74, 6) is 0. The van der Waals surface area contributed by atoms with Crippen LogP contribution in [0.3, 0.4) is 0 Å². The molecule has 0 spiro atoms. The number of benzene rings is 4. The summed E-state index contributed by atoms with van der Waals surface area (Å²) in [6, 6.07) is 51.3. The molecule has 256 valence electrons. The second-order valence-corrected chi connectivity index (χ2v) is 38.2. The zero-order valence-corrected chi connectivity index (χ0v) is 41.3. The van der Waals surface area contributed by atoms with E-state index in [1.54, 1.807) is 0 Å². The molecule has 0 N–H and O–H groups in total. The van der Waals surface area contributed by atoms with Gasteiger partial charge in [0.1, 0.15) is 0 Å². The van der Waals surface area contributed by atoms with Crippen molar-refractivity contribution in [2.75, 3.05) is 0 Å². The van der Waals surface area contributed by atoms with E-state index in [2.05, 4.69) is 199 Å². The summed E-state index contributed by atoms with van der Waals surface area (Å²) in [7, 11) is 0. The molecule has 0 unspecified atom stereocenters. The van der Waals surface area contributed by atoms with Gasteiger partial charge in [-0.15, -0.1) is 162 Å². The van der Waals surface area contributed by atoms with Crippen LogP contribution in [-0.2, 0) is 46.0 Å². The first-order valence-electron chi connectivity index (χ1n) is 16.4. The molecule has 6 heteroatoms. The first kappa shape index (κ1) is 46.1. The number of halogens is 2. The third-order valence-corrected chi connectivity index (χ3v) is 7.05. The summed E-state index contributed by atoms with van der Waals surface area (Å²) in [5, 5.41) is 10.8. The molecule has 0 aliphatic carbocycles. The third-order valence-electron chi connectivity index (χ3n) is 7.05. The van der Waals surface area contributed by atoms with Crippen LogP contribution in [0.25, 0.3) is 43.1 Å². The number of rotatable bonds is 0. The van der Waals surface area contributed by atoms with Gasteiger partial charge in [-0.2, -0.15) is 24.3 Å². The van der Waals surface area contributed by atoms with Crippen LogP contribution >= 0.6 is 0 Å². The number of fused-ring (bicyclic) bond motifs is 4. The van der Waals surface area contributed by atoms with Gasteiger partial charge < -0.3 is 24.8 Å². The van der Waals surface area contributed by atoms with Crippen LogP contribution in [0.5, 0.6) is 0 Å². The van der Waals surface area contributed by atoms with Crippen molar-refractivity contribution in [1.29, 1.82) is 0 Å². The molecule has 0 nitrogen and oxygen atoms in total. The van der Waals surface area contributed by atoms with Crippen molar-refractivity contribution in [2.24, 2.45) is 0 Å². The van der Waals surface area contributed by atoms with Crippen molar-refractivity contribution in [2.45, 2.75) is 53.9 Å². The van der Waals surface area contributed by atoms with E-state index < -0.39 is 0 Å². The van der Waals surface area contributed by atoms with Gasteiger partial charge in [0, 0.05) is 0 Å². The summed E-state index contributed by atoms with van der Waals surface area (Å²) < 4.78 is 0. The summed E-state index contributed by atoms with van der Waals surface area (Å²) in [4.78, 5) is 0. The Morgan fingerprint density at radius 3 is 0.680 bits per heavy atom. The summed E-state index contributed by atoms with van der Waals surface area (Å²) in [6.45, 7) is 17.8. The number of hydrogen-bond acceptors (Lipinski definition) is 0. The average molecular weight is 1060 g/mol. The van der Waals surface area contributed by atoms with E-state index in [1.807, 2.05) is 0 Å². The molecule has 0 atom stereocenters. The van der Waals surface area contributed by atoms with E-state index in [9.17, 15) is 0 Å². The molecule has 0 radical (unpaired) electrons. The van der Waals surface area contributed by atoms with Crippen molar-refractivity contribution in [3.8, 4) is 0 Å². The molecule has 8 aromatic carbocycles. The van der Waals surface area contributed by atoms with Crippen LogP contribution in [0.1, 0.15) is 22.3 Å². The van der Waals surface area contributed by atoms with E-state index in [0.717, 1.165) is 0 Å². The Kier molecular flexibility index (Phi) is 22.4. The third kappa shape index (κ3) is 17.1. The minimum atomic E-state index is 0. The summed E-state index contributed by atoms with van der Waals surface area (Å²) in [5.41, 5.74) is 5.91. The van der Waals surface area contributed by atoms with Gasteiger partial charge in [-0.05, 0) is 0 Å². The second kappa shape index (κ2) is 24.3. The standard InChI is InChI=1S/4C10H9.2C2H6Si.2ClH.2Hf/c4*1-8-6-9-4-2-3-5-10(9)7-8;2*1-3-2;;;;/h4*2-7H,1H3;2*1-2H3;2*1H;;/q4*-1;;;;;2*+2/p-2. The van der Waals surface area contributed by atoms with Crippen LogP contribution in [0, 0.1) is 27.7 Å². The van der Waals surface area contributed by atoms with Crippen LogP contribution in [-0.4, -0.2) is 11.0 Å². The number of aryl methyl sites for hydroxylation is 4. The Morgan fingerprint density at radius 1 is 0.360 bits per heavy atom. The molecule has 50 heavy (non-hydrogen) atoms. The van der Waals surface area contributed by atoms with Crippen LogP contribution in [0.15, 0.2) is 146 Å². The van der Waals surface area contributed by atoms with Gasteiger partial charge in [-0.25, -0.2) is 0 Å². The molecule has 0 aliphatic rings. The summed E-state index contributed by atoms with van der Waals surface area (Å²) in [6.07, 6.45) is 0. The zero-order chi connectivity index (χ0) is 35.1. The molecule has 8 aromatic rings. The largest absolute Gasteiger partial charge is 1.00 e. The van der Waals surface area contributed by atoms with E-state index in [0.29, 0.717) is 0 Å². The van der Waals surface area contributed by atoms with Gasteiger partial charge in [0.15, 0.2) is 0 Å². The molecule has 0 aliphatic heterocycles. The fraction of sp³-hybridized carbons (Fsp3) is 0.182. The van der Waals surface area contributed by atoms with Gasteiger partial charge in [-0.3, -0.25) is 0 Å². The normalized spacial score (nSPS) is 9.52. The van der Waals surface area contributed by atoms with E-state index in [-0.39, 0.29) is 35.8 Å². The van der Waals surface area contributed by atoms with Gasteiger partial charge >= 0.3 is 83.2 Å². The predicted octanol–water partition coefficient (Wildman–Crippen LogP) is 7.05. The number of hydrogen-bond donors (Lipinski definition) is 0. The van der Waals surface area contributed by atoms with Crippen molar-refractivity contribution in [3.05, 3.63) is 168 Å².